The molecule has 3 heterocycles. The quantitative estimate of drug-likeness (QED) is 0.244. The highest BCUT2D eigenvalue weighted by atomic mass is 35.5. The number of aromatic nitrogens is 4. The minimum atomic E-state index is -1.63. The van der Waals surface area contributed by atoms with Gasteiger partial charge in [-0.05, 0) is 21.4 Å². The zero-order valence-electron chi connectivity index (χ0n) is 14.2. The number of carbonyl (C=O) groups is 3. The van der Waals surface area contributed by atoms with E-state index >= 15 is 0 Å². The van der Waals surface area contributed by atoms with Crippen LogP contribution in [0.3, 0.4) is 0 Å². The fourth-order valence-electron chi connectivity index (χ4n) is 2.82. The number of aliphatic carboxylic acids is 1. The number of fused-ring (bicyclic) bond motifs is 1. The van der Waals surface area contributed by atoms with E-state index in [0.717, 1.165) is 0 Å². The second kappa shape index (κ2) is 7.66. The molecule has 14 heteroatoms. The van der Waals surface area contributed by atoms with Crippen molar-refractivity contribution in [2.75, 3.05) is 18.7 Å². The van der Waals surface area contributed by atoms with E-state index in [-0.39, 0.29) is 11.6 Å². The average Bonchev–Trinajstić information content (AvgIpc) is 3.07. The summed E-state index contributed by atoms with van der Waals surface area (Å²) < 4.78 is 6.73. The molecule has 2 aliphatic rings. The van der Waals surface area contributed by atoms with Crippen LogP contribution < -0.4 is 5.32 Å². The lowest BCUT2D eigenvalue weighted by atomic mass is 9.95. The van der Waals surface area contributed by atoms with Crippen molar-refractivity contribution in [3.63, 3.8) is 0 Å². The van der Waals surface area contributed by atoms with Crippen LogP contribution in [0.5, 0.6) is 0 Å². The van der Waals surface area contributed by atoms with E-state index in [9.17, 15) is 19.5 Å². The van der Waals surface area contributed by atoms with E-state index in [1.807, 2.05) is 0 Å². The van der Waals surface area contributed by atoms with Gasteiger partial charge in [0, 0.05) is 19.9 Å². The third-order valence-electron chi connectivity index (χ3n) is 4.08. The van der Waals surface area contributed by atoms with E-state index in [0.29, 0.717) is 10.7 Å². The number of aryl methyl sites for hydroxylation is 1. The van der Waals surface area contributed by atoms with Crippen molar-refractivity contribution >= 4 is 52.9 Å². The molecule has 1 saturated heterocycles. The fraction of sp³-hybridized carbons (Fsp3) is 0.538. The van der Waals surface area contributed by atoms with Gasteiger partial charge in [-0.3, -0.25) is 9.59 Å². The fourth-order valence-corrected chi connectivity index (χ4v) is 5.16. The molecule has 0 aromatic carbocycles. The topological polar surface area (TPSA) is 140 Å². The summed E-state index contributed by atoms with van der Waals surface area (Å²) in [5.74, 6) is -2.46. The van der Waals surface area contributed by atoms with E-state index in [1.54, 1.807) is 12.5 Å². The van der Waals surface area contributed by atoms with E-state index in [1.165, 1.54) is 40.2 Å². The molecule has 0 bridgehead atoms. The monoisotopic (exact) mass is 434 g/mol. The van der Waals surface area contributed by atoms with Crippen LogP contribution in [0.2, 0.25) is 0 Å². The van der Waals surface area contributed by atoms with Crippen LogP contribution in [0.15, 0.2) is 16.1 Å². The van der Waals surface area contributed by atoms with Gasteiger partial charge in [-0.1, -0.05) is 11.8 Å². The normalized spacial score (nSPS) is 26.9. The predicted octanol–water partition coefficient (Wildman–Crippen LogP) is -0.748. The summed E-state index contributed by atoms with van der Waals surface area (Å²) >= 11 is 7.95. The molecule has 2 amide bonds. The molecule has 0 aliphatic carbocycles. The van der Waals surface area contributed by atoms with Crippen molar-refractivity contribution in [2.45, 2.75) is 22.3 Å². The van der Waals surface area contributed by atoms with Gasteiger partial charge in [-0.15, -0.1) is 28.5 Å². The lowest BCUT2D eigenvalue weighted by molar-refractivity contribution is -0.201. The van der Waals surface area contributed by atoms with Gasteiger partial charge in [0.15, 0.2) is 6.04 Å². The number of β-lactam (4-membered cyclic amide) rings is 1. The Kier molecular flexibility index (Phi) is 5.65. The van der Waals surface area contributed by atoms with Crippen molar-refractivity contribution in [3.05, 3.63) is 11.0 Å². The number of ether oxygens (including phenoxy) is 1. The van der Waals surface area contributed by atoms with Crippen LogP contribution in [0.25, 0.3) is 0 Å². The van der Waals surface area contributed by atoms with E-state index in [4.69, 9.17) is 16.3 Å². The third kappa shape index (κ3) is 3.28. The lowest BCUT2D eigenvalue weighted by Crippen LogP contribution is -2.83. The number of nitrogens with zero attached hydrogens (tertiary/aromatic N) is 5. The molecule has 1 unspecified atom stereocenters. The summed E-state index contributed by atoms with van der Waals surface area (Å²) in [7, 11) is 2.94. The Morgan fingerprint density at radius 3 is 2.85 bits per heavy atom. The first-order chi connectivity index (χ1) is 12.9. The highest BCUT2D eigenvalue weighted by Gasteiger charge is 2.67. The highest BCUT2D eigenvalue weighted by Crippen LogP contribution is 2.46. The molecular formula is C13H15ClN6O5S2. The Balaban J connectivity index is 1.83. The second-order valence-corrected chi connectivity index (χ2v) is 7.79. The minimum absolute atomic E-state index is 0.280. The molecule has 1 aromatic heterocycles. The number of nitrogens with one attached hydrogen (secondary N) is 1. The number of carboxylic acid groups (broad SMARTS) is 1. The molecule has 0 saturated carbocycles. The molecular weight excluding hydrogens is 420 g/mol. The van der Waals surface area contributed by atoms with Crippen molar-refractivity contribution in [1.29, 1.82) is 0 Å². The number of carboxylic acids is 1. The Morgan fingerprint density at radius 1 is 1.56 bits per heavy atom. The molecule has 1 aromatic rings. The molecule has 1 fully saturated rings. The lowest BCUT2D eigenvalue weighted by Gasteiger charge is -2.57. The number of hydrogen-bond donors (Lipinski definition) is 2. The zero-order valence-corrected chi connectivity index (χ0v) is 16.5. The summed E-state index contributed by atoms with van der Waals surface area (Å²) in [6, 6.07) is -1.17. The molecule has 146 valence electrons. The largest absolute Gasteiger partial charge is 0.479 e. The number of amides is 2. The summed E-state index contributed by atoms with van der Waals surface area (Å²) in [6.07, 6.45) is 0. The van der Waals surface area contributed by atoms with Crippen LogP contribution in [0.1, 0.15) is 0 Å². The molecule has 0 radical (unpaired) electrons. The molecule has 3 rings (SSSR count). The maximum atomic E-state index is 12.7. The molecule has 11 nitrogen and oxygen atoms in total. The molecule has 2 N–H and O–H groups in total. The van der Waals surface area contributed by atoms with Gasteiger partial charge in [-0.2, -0.15) is 0 Å². The summed E-state index contributed by atoms with van der Waals surface area (Å²) in [5, 5.41) is 24.7. The third-order valence-corrected chi connectivity index (χ3v) is 6.66. The number of rotatable bonds is 7. The Hall–Kier alpha value is -1.83. The van der Waals surface area contributed by atoms with Crippen molar-refractivity contribution in [3.8, 4) is 0 Å². The number of alkyl halides is 1. The van der Waals surface area contributed by atoms with Crippen LogP contribution in [0.4, 0.5) is 0 Å². The summed E-state index contributed by atoms with van der Waals surface area (Å²) in [5.41, 5.74) is -1.12. The number of hydrogen-bond acceptors (Lipinski definition) is 9. The van der Waals surface area contributed by atoms with Gasteiger partial charge >= 0.3 is 5.97 Å². The van der Waals surface area contributed by atoms with Crippen molar-refractivity contribution in [2.24, 2.45) is 7.05 Å². The van der Waals surface area contributed by atoms with Gasteiger partial charge < -0.3 is 20.1 Å². The van der Waals surface area contributed by atoms with Crippen molar-refractivity contribution in [1.82, 2.24) is 30.4 Å². The SMILES string of the molecule is CO[C@@]1(NC(=O)CCl)C(=O)N2C(C(=O)O)C(CSc3nnnn3C)=CS[C@@H]21. The highest BCUT2D eigenvalue weighted by molar-refractivity contribution is 8.03. The number of carbonyl (C=O) groups excluding carboxylic acids is 2. The smallest absolute Gasteiger partial charge is 0.330 e. The van der Waals surface area contributed by atoms with Crippen LogP contribution >= 0.6 is 35.1 Å². The van der Waals surface area contributed by atoms with Gasteiger partial charge in [0.2, 0.25) is 11.1 Å². The van der Waals surface area contributed by atoms with E-state index < -0.39 is 34.9 Å². The molecule has 27 heavy (non-hydrogen) atoms. The molecule has 2 aliphatic heterocycles. The van der Waals surface area contributed by atoms with Gasteiger partial charge in [0.05, 0.1) is 0 Å². The Labute approximate surface area is 166 Å². The number of thioether (sulfide) groups is 2. The number of methoxy groups -OCH3 is 1. The maximum Gasteiger partial charge on any atom is 0.330 e. The standard InChI is InChI=1S/C13H15ClN6O5S2/c1-19-12(16-17-18-19)27-5-6-4-26-11-13(25-2,15-7(21)3-14)10(24)20(11)8(6)9(22)23/h4,8,11H,3,5H2,1-2H3,(H,15,21)(H,22,23)/t8?,11-,13+/m1/s1. The first kappa shape index (κ1) is 19.9. The predicted molar refractivity (Wildman–Crippen MR) is 95.9 cm³/mol. The zero-order chi connectivity index (χ0) is 19.8. The van der Waals surface area contributed by atoms with Gasteiger partial charge in [0.25, 0.3) is 11.6 Å². The van der Waals surface area contributed by atoms with Crippen LogP contribution in [-0.2, 0) is 26.2 Å². The van der Waals surface area contributed by atoms with E-state index in [2.05, 4.69) is 20.8 Å². The molecule has 3 atom stereocenters. The number of halogens is 1. The Morgan fingerprint density at radius 2 is 2.30 bits per heavy atom. The number of tetrazole rings is 1. The first-order valence-corrected chi connectivity index (χ1v) is 9.99. The second-order valence-electron chi connectivity index (χ2n) is 5.63. The molecule has 0 spiro atoms. The summed E-state index contributed by atoms with van der Waals surface area (Å²) in [4.78, 5) is 37.5. The maximum absolute atomic E-state index is 12.7. The van der Waals surface area contributed by atoms with Crippen molar-refractivity contribution < 1.29 is 24.2 Å². The van der Waals surface area contributed by atoms with Crippen LogP contribution in [0, 0.1) is 0 Å². The van der Waals surface area contributed by atoms with Gasteiger partial charge in [0.1, 0.15) is 11.3 Å². The minimum Gasteiger partial charge on any atom is -0.479 e. The Bertz CT molecular complexity index is 819. The summed E-state index contributed by atoms with van der Waals surface area (Å²) in [6.45, 7) is 0. The van der Waals surface area contributed by atoms with Crippen LogP contribution in [-0.4, -0.2) is 83.9 Å². The average molecular weight is 435 g/mol. The first-order valence-electron chi connectivity index (χ1n) is 7.53. The van der Waals surface area contributed by atoms with Gasteiger partial charge in [-0.25, -0.2) is 9.48 Å².